The minimum Gasteiger partial charge on any atom is -0.394 e. The number of hydrogen-bond donors (Lipinski definition) is 2. The van der Waals surface area contributed by atoms with Crippen LogP contribution in [-0.2, 0) is 0 Å². The fraction of sp³-hybridized carbons (Fsp3) is 1.00. The Morgan fingerprint density at radius 2 is 1.85 bits per heavy atom. The summed E-state index contributed by atoms with van der Waals surface area (Å²) < 4.78 is 0. The molecule has 2 N–H and O–H groups in total. The van der Waals surface area contributed by atoms with Crippen LogP contribution in [0.2, 0.25) is 0 Å². The standard InChI is InChI=1S/C17H32N2O/c1-17(13-20,18-15-8-9-15)10-12-19-11-4-6-14-5-2-3-7-16(14)19/h14-16,18,20H,2-13H2,1H3. The first-order valence-corrected chi connectivity index (χ1v) is 8.83. The van der Waals surface area contributed by atoms with E-state index < -0.39 is 0 Å². The van der Waals surface area contributed by atoms with Crippen molar-refractivity contribution in [2.75, 3.05) is 19.7 Å². The van der Waals surface area contributed by atoms with Crippen molar-refractivity contribution in [3.8, 4) is 0 Å². The van der Waals surface area contributed by atoms with Crippen LogP contribution in [0.3, 0.4) is 0 Å². The zero-order chi connectivity index (χ0) is 14.0. The van der Waals surface area contributed by atoms with E-state index in [4.69, 9.17) is 0 Å². The number of nitrogens with one attached hydrogen (secondary N) is 1. The van der Waals surface area contributed by atoms with Crippen LogP contribution in [-0.4, -0.2) is 47.3 Å². The van der Waals surface area contributed by atoms with Crippen molar-refractivity contribution >= 4 is 0 Å². The van der Waals surface area contributed by atoms with E-state index in [1.54, 1.807) is 0 Å². The molecule has 3 nitrogen and oxygen atoms in total. The molecule has 0 aromatic carbocycles. The van der Waals surface area contributed by atoms with E-state index in [9.17, 15) is 5.11 Å². The number of likely N-dealkylation sites (tertiary alicyclic amines) is 1. The van der Waals surface area contributed by atoms with Crippen LogP contribution in [0.5, 0.6) is 0 Å². The zero-order valence-corrected chi connectivity index (χ0v) is 13.1. The first-order chi connectivity index (χ1) is 9.70. The largest absolute Gasteiger partial charge is 0.394 e. The van der Waals surface area contributed by atoms with Gasteiger partial charge in [0.15, 0.2) is 0 Å². The molecule has 3 atom stereocenters. The third-order valence-electron chi connectivity index (χ3n) is 5.79. The lowest BCUT2D eigenvalue weighted by Gasteiger charge is -2.45. The van der Waals surface area contributed by atoms with Gasteiger partial charge in [-0.05, 0) is 64.3 Å². The Labute approximate surface area is 124 Å². The Morgan fingerprint density at radius 3 is 2.60 bits per heavy atom. The van der Waals surface area contributed by atoms with Crippen molar-refractivity contribution in [2.45, 2.75) is 82.3 Å². The van der Waals surface area contributed by atoms with Gasteiger partial charge in [0, 0.05) is 24.2 Å². The molecule has 3 unspecified atom stereocenters. The number of fused-ring (bicyclic) bond motifs is 1. The van der Waals surface area contributed by atoms with E-state index in [2.05, 4.69) is 17.1 Å². The summed E-state index contributed by atoms with van der Waals surface area (Å²) in [5.74, 6) is 0.967. The second-order valence-corrected chi connectivity index (χ2v) is 7.68. The van der Waals surface area contributed by atoms with E-state index in [0.29, 0.717) is 6.04 Å². The van der Waals surface area contributed by atoms with Crippen molar-refractivity contribution in [1.29, 1.82) is 0 Å². The van der Waals surface area contributed by atoms with Gasteiger partial charge >= 0.3 is 0 Å². The van der Waals surface area contributed by atoms with Gasteiger partial charge in [-0.2, -0.15) is 0 Å². The summed E-state index contributed by atoms with van der Waals surface area (Å²) in [6.45, 7) is 4.92. The number of aliphatic hydroxyl groups is 1. The second kappa shape index (κ2) is 6.33. The summed E-state index contributed by atoms with van der Waals surface area (Å²) in [6.07, 6.45) is 12.3. The Bertz CT molecular complexity index is 316. The molecule has 0 amide bonds. The van der Waals surface area contributed by atoms with Crippen LogP contribution in [0.1, 0.15) is 64.7 Å². The summed E-state index contributed by atoms with van der Waals surface area (Å²) in [6, 6.07) is 1.53. The van der Waals surface area contributed by atoms with Crippen molar-refractivity contribution in [1.82, 2.24) is 10.2 Å². The molecule has 2 aliphatic carbocycles. The highest BCUT2D eigenvalue weighted by molar-refractivity contribution is 4.94. The molecule has 1 aliphatic heterocycles. The van der Waals surface area contributed by atoms with Crippen LogP contribution < -0.4 is 5.32 Å². The molecule has 0 aromatic heterocycles. The predicted octanol–water partition coefficient (Wildman–Crippen LogP) is 2.53. The van der Waals surface area contributed by atoms with Crippen LogP contribution in [0, 0.1) is 5.92 Å². The number of rotatable bonds is 6. The van der Waals surface area contributed by atoms with Crippen molar-refractivity contribution in [3.63, 3.8) is 0 Å². The molecule has 2 saturated carbocycles. The van der Waals surface area contributed by atoms with Crippen molar-refractivity contribution < 1.29 is 5.11 Å². The molecule has 20 heavy (non-hydrogen) atoms. The predicted molar refractivity (Wildman–Crippen MR) is 82.8 cm³/mol. The molecular formula is C17H32N2O. The maximum Gasteiger partial charge on any atom is 0.0611 e. The van der Waals surface area contributed by atoms with Crippen molar-refractivity contribution in [3.05, 3.63) is 0 Å². The minimum absolute atomic E-state index is 0.0667. The van der Waals surface area contributed by atoms with Crippen LogP contribution in [0.4, 0.5) is 0 Å². The Kier molecular flexibility index (Phi) is 4.68. The maximum atomic E-state index is 9.74. The van der Waals surface area contributed by atoms with E-state index >= 15 is 0 Å². The number of nitrogens with zero attached hydrogens (tertiary/aromatic N) is 1. The second-order valence-electron chi connectivity index (χ2n) is 7.68. The highest BCUT2D eigenvalue weighted by Gasteiger charge is 2.36. The van der Waals surface area contributed by atoms with Gasteiger partial charge in [0.2, 0.25) is 0 Å². The fourth-order valence-corrected chi connectivity index (χ4v) is 4.31. The first-order valence-electron chi connectivity index (χ1n) is 8.83. The molecule has 0 bridgehead atoms. The highest BCUT2D eigenvalue weighted by Crippen LogP contribution is 2.35. The molecule has 3 heteroatoms. The molecule has 3 aliphatic rings. The highest BCUT2D eigenvalue weighted by atomic mass is 16.3. The molecule has 0 aromatic rings. The normalized spacial score (nSPS) is 34.5. The minimum atomic E-state index is -0.0667. The van der Waals surface area contributed by atoms with Crippen LogP contribution in [0.15, 0.2) is 0 Å². The lowest BCUT2D eigenvalue weighted by molar-refractivity contribution is 0.0474. The summed E-state index contributed by atoms with van der Waals surface area (Å²) in [4.78, 5) is 2.75. The summed E-state index contributed by atoms with van der Waals surface area (Å²) in [5.41, 5.74) is -0.0667. The molecule has 3 fully saturated rings. The first kappa shape index (κ1) is 14.8. The van der Waals surface area contributed by atoms with Gasteiger partial charge in [0.25, 0.3) is 0 Å². The van der Waals surface area contributed by atoms with Gasteiger partial charge in [0.05, 0.1) is 6.61 Å². The van der Waals surface area contributed by atoms with E-state index in [1.807, 2.05) is 0 Å². The Morgan fingerprint density at radius 1 is 1.10 bits per heavy atom. The lowest BCUT2D eigenvalue weighted by Crippen LogP contribution is -2.52. The molecule has 116 valence electrons. The SMILES string of the molecule is CC(CO)(CCN1CCCC2CCCCC21)NC1CC1. The van der Waals surface area contributed by atoms with Gasteiger partial charge in [-0.3, -0.25) is 0 Å². The monoisotopic (exact) mass is 280 g/mol. The summed E-state index contributed by atoms with van der Waals surface area (Å²) in [7, 11) is 0. The topological polar surface area (TPSA) is 35.5 Å². The molecule has 0 spiro atoms. The van der Waals surface area contributed by atoms with Gasteiger partial charge in [-0.15, -0.1) is 0 Å². The Hall–Kier alpha value is -0.120. The average Bonchev–Trinajstić information content (AvgIpc) is 3.29. The van der Waals surface area contributed by atoms with Crippen LogP contribution >= 0.6 is 0 Å². The summed E-state index contributed by atoms with van der Waals surface area (Å²) >= 11 is 0. The molecule has 1 saturated heterocycles. The lowest BCUT2D eigenvalue weighted by atomic mass is 9.78. The fourth-order valence-electron chi connectivity index (χ4n) is 4.31. The zero-order valence-electron chi connectivity index (χ0n) is 13.1. The van der Waals surface area contributed by atoms with E-state index in [1.165, 1.54) is 57.9 Å². The third kappa shape index (κ3) is 3.55. The van der Waals surface area contributed by atoms with Gasteiger partial charge in [-0.25, -0.2) is 0 Å². The summed E-state index contributed by atoms with van der Waals surface area (Å²) in [5, 5.41) is 13.4. The third-order valence-corrected chi connectivity index (χ3v) is 5.79. The van der Waals surface area contributed by atoms with Crippen molar-refractivity contribution in [2.24, 2.45) is 5.92 Å². The number of piperidine rings is 1. The number of hydrogen-bond acceptors (Lipinski definition) is 3. The molecular weight excluding hydrogens is 248 g/mol. The Balaban J connectivity index is 1.52. The average molecular weight is 280 g/mol. The van der Waals surface area contributed by atoms with Gasteiger partial charge in [-0.1, -0.05) is 12.8 Å². The molecule has 3 rings (SSSR count). The van der Waals surface area contributed by atoms with Gasteiger partial charge < -0.3 is 15.3 Å². The quantitative estimate of drug-likeness (QED) is 0.785. The maximum absolute atomic E-state index is 9.74. The molecule has 1 heterocycles. The smallest absolute Gasteiger partial charge is 0.0611 e. The van der Waals surface area contributed by atoms with Gasteiger partial charge in [0.1, 0.15) is 0 Å². The number of aliphatic hydroxyl groups excluding tert-OH is 1. The van der Waals surface area contributed by atoms with E-state index in [0.717, 1.165) is 24.9 Å². The molecule has 0 radical (unpaired) electrons. The van der Waals surface area contributed by atoms with E-state index in [-0.39, 0.29) is 12.1 Å². The van der Waals surface area contributed by atoms with Crippen LogP contribution in [0.25, 0.3) is 0 Å².